The molecule has 0 aliphatic heterocycles. The van der Waals surface area contributed by atoms with Gasteiger partial charge in [0, 0.05) is 24.7 Å². The van der Waals surface area contributed by atoms with Crippen molar-refractivity contribution in [1.29, 1.82) is 0 Å². The van der Waals surface area contributed by atoms with Gasteiger partial charge >= 0.3 is 5.97 Å². The molecule has 0 radical (unpaired) electrons. The van der Waals surface area contributed by atoms with Gasteiger partial charge in [0.1, 0.15) is 6.10 Å². The molecule has 0 aromatic carbocycles. The fourth-order valence-corrected chi connectivity index (χ4v) is 4.23. The van der Waals surface area contributed by atoms with Gasteiger partial charge in [0.05, 0.1) is 6.33 Å². The van der Waals surface area contributed by atoms with Crippen LogP contribution in [0.5, 0.6) is 0 Å². The van der Waals surface area contributed by atoms with E-state index in [1.54, 1.807) is 12.5 Å². The van der Waals surface area contributed by atoms with Crippen LogP contribution in [0.3, 0.4) is 0 Å². The van der Waals surface area contributed by atoms with Gasteiger partial charge in [0.2, 0.25) is 0 Å². The maximum atomic E-state index is 12.3. The molecule has 0 spiro atoms. The first kappa shape index (κ1) is 14.6. The summed E-state index contributed by atoms with van der Waals surface area (Å²) in [6, 6.07) is 0. The zero-order valence-corrected chi connectivity index (χ0v) is 13.1. The first-order chi connectivity index (χ1) is 9.88. The van der Waals surface area contributed by atoms with E-state index >= 15 is 0 Å². The summed E-state index contributed by atoms with van der Waals surface area (Å²) in [5.74, 6) is 0.357. The zero-order valence-electron chi connectivity index (χ0n) is 13.1. The molecule has 0 amide bonds. The maximum Gasteiger partial charge on any atom is 0.358 e. The van der Waals surface area contributed by atoms with E-state index in [9.17, 15) is 4.79 Å². The Kier molecular flexibility index (Phi) is 3.35. The van der Waals surface area contributed by atoms with Crippen molar-refractivity contribution in [3.63, 3.8) is 0 Å². The van der Waals surface area contributed by atoms with Crippen LogP contribution in [-0.2, 0) is 11.3 Å². The highest BCUT2D eigenvalue weighted by Gasteiger charge is 2.62. The molecule has 5 heteroatoms. The van der Waals surface area contributed by atoms with Gasteiger partial charge in [-0.15, -0.1) is 0 Å². The minimum atomic E-state index is -0.305. The zero-order chi connectivity index (χ0) is 15.3. The van der Waals surface area contributed by atoms with Crippen molar-refractivity contribution in [2.45, 2.75) is 52.7 Å². The number of nitrogens with two attached hydrogens (primary N) is 1. The van der Waals surface area contributed by atoms with E-state index in [0.29, 0.717) is 24.7 Å². The van der Waals surface area contributed by atoms with Crippen LogP contribution in [-0.4, -0.2) is 28.2 Å². The lowest BCUT2D eigenvalue weighted by Crippen LogP contribution is -2.38. The number of ether oxygens (including phenoxy) is 1. The van der Waals surface area contributed by atoms with Crippen LogP contribution in [0.1, 0.15) is 50.5 Å². The molecule has 5 nitrogen and oxygen atoms in total. The van der Waals surface area contributed by atoms with Crippen LogP contribution in [0.4, 0.5) is 0 Å². The van der Waals surface area contributed by atoms with Crippen molar-refractivity contribution in [2.75, 3.05) is 6.54 Å². The lowest BCUT2D eigenvalue weighted by atomic mass is 9.70. The number of fused-ring (bicyclic) bond motifs is 2. The molecule has 2 saturated carbocycles. The Labute approximate surface area is 125 Å². The summed E-state index contributed by atoms with van der Waals surface area (Å²) in [6.45, 7) is 8.09. The van der Waals surface area contributed by atoms with Gasteiger partial charge in [-0.05, 0) is 30.6 Å². The van der Waals surface area contributed by atoms with Crippen molar-refractivity contribution < 1.29 is 9.53 Å². The third-order valence-corrected chi connectivity index (χ3v) is 6.19. The third kappa shape index (κ3) is 2.09. The molecule has 0 saturated heterocycles. The highest BCUT2D eigenvalue weighted by molar-refractivity contribution is 5.87. The maximum absolute atomic E-state index is 12.3. The van der Waals surface area contributed by atoms with Gasteiger partial charge in [-0.25, -0.2) is 9.78 Å². The van der Waals surface area contributed by atoms with Gasteiger partial charge in [0.15, 0.2) is 5.69 Å². The fourth-order valence-electron chi connectivity index (χ4n) is 4.23. The Morgan fingerprint density at radius 3 is 2.86 bits per heavy atom. The van der Waals surface area contributed by atoms with E-state index in [1.807, 2.05) is 4.57 Å². The summed E-state index contributed by atoms with van der Waals surface area (Å²) < 4.78 is 7.64. The summed E-state index contributed by atoms with van der Waals surface area (Å²) in [5, 5.41) is 0. The molecule has 3 rings (SSSR count). The number of carbonyl (C=O) groups is 1. The minimum Gasteiger partial charge on any atom is -0.457 e. The second-order valence-electron chi connectivity index (χ2n) is 7.29. The normalized spacial score (nSPS) is 33.3. The number of nitrogens with zero attached hydrogens (tertiary/aromatic N) is 2. The molecule has 2 fully saturated rings. The monoisotopic (exact) mass is 291 g/mol. The standard InChI is InChI=1S/C16H25N3O2/c1-15(2)11-4-5-16(15,3)13(8-11)21-14(20)12-9-19(7-6-17)10-18-12/h9-11,13H,4-8,17H2,1-3H3. The van der Waals surface area contributed by atoms with Gasteiger partial charge in [0.25, 0.3) is 0 Å². The predicted molar refractivity (Wildman–Crippen MR) is 79.7 cm³/mol. The quantitative estimate of drug-likeness (QED) is 0.863. The van der Waals surface area contributed by atoms with Gasteiger partial charge in [-0.2, -0.15) is 0 Å². The summed E-state index contributed by atoms with van der Waals surface area (Å²) >= 11 is 0. The molecule has 2 aliphatic carbocycles. The van der Waals surface area contributed by atoms with Crippen molar-refractivity contribution in [2.24, 2.45) is 22.5 Å². The fraction of sp³-hybridized carbons (Fsp3) is 0.750. The highest BCUT2D eigenvalue weighted by Crippen LogP contribution is 2.66. The Bertz CT molecular complexity index is 551. The minimum absolute atomic E-state index is 0.0124. The molecular weight excluding hydrogens is 266 g/mol. The molecule has 2 bridgehead atoms. The Morgan fingerprint density at radius 2 is 2.29 bits per heavy atom. The van der Waals surface area contributed by atoms with Crippen LogP contribution >= 0.6 is 0 Å². The lowest BCUT2D eigenvalue weighted by molar-refractivity contribution is -0.0246. The van der Waals surface area contributed by atoms with Crippen LogP contribution in [0.25, 0.3) is 0 Å². The molecular formula is C16H25N3O2. The van der Waals surface area contributed by atoms with Crippen molar-refractivity contribution in [3.05, 3.63) is 18.2 Å². The Hall–Kier alpha value is -1.36. The van der Waals surface area contributed by atoms with Gasteiger partial charge < -0.3 is 15.0 Å². The number of esters is 1. The number of hydrogen-bond donors (Lipinski definition) is 1. The highest BCUT2D eigenvalue weighted by atomic mass is 16.5. The number of imidazole rings is 1. The van der Waals surface area contributed by atoms with E-state index in [-0.39, 0.29) is 22.9 Å². The molecule has 3 atom stereocenters. The van der Waals surface area contributed by atoms with Gasteiger partial charge in [-0.1, -0.05) is 20.8 Å². The smallest absolute Gasteiger partial charge is 0.358 e. The van der Waals surface area contributed by atoms with Crippen LogP contribution < -0.4 is 5.73 Å². The molecule has 3 unspecified atom stereocenters. The SMILES string of the molecule is CC1(C)C2CCC1(C)C(OC(=O)c1cn(CCN)cn1)C2. The topological polar surface area (TPSA) is 70.1 Å². The third-order valence-electron chi connectivity index (χ3n) is 6.19. The molecule has 2 aliphatic rings. The van der Waals surface area contributed by atoms with E-state index in [0.717, 1.165) is 12.8 Å². The second-order valence-corrected chi connectivity index (χ2v) is 7.29. The number of aromatic nitrogens is 2. The summed E-state index contributed by atoms with van der Waals surface area (Å²) in [7, 11) is 0. The van der Waals surface area contributed by atoms with E-state index in [1.165, 1.54) is 6.42 Å². The molecule has 1 heterocycles. The Morgan fingerprint density at radius 1 is 1.52 bits per heavy atom. The summed E-state index contributed by atoms with van der Waals surface area (Å²) in [6.07, 6.45) is 6.75. The van der Waals surface area contributed by atoms with Crippen molar-refractivity contribution >= 4 is 5.97 Å². The van der Waals surface area contributed by atoms with Crippen molar-refractivity contribution in [3.8, 4) is 0 Å². The number of carbonyl (C=O) groups excluding carboxylic acids is 1. The molecule has 2 N–H and O–H groups in total. The molecule has 116 valence electrons. The van der Waals surface area contributed by atoms with Crippen LogP contribution in [0.2, 0.25) is 0 Å². The van der Waals surface area contributed by atoms with Crippen LogP contribution in [0.15, 0.2) is 12.5 Å². The first-order valence-electron chi connectivity index (χ1n) is 7.81. The van der Waals surface area contributed by atoms with Gasteiger partial charge in [-0.3, -0.25) is 0 Å². The lowest BCUT2D eigenvalue weighted by Gasteiger charge is -2.38. The average Bonchev–Trinajstić information content (AvgIpc) is 3.02. The van der Waals surface area contributed by atoms with E-state index < -0.39 is 0 Å². The van der Waals surface area contributed by atoms with Crippen molar-refractivity contribution in [1.82, 2.24) is 9.55 Å². The largest absolute Gasteiger partial charge is 0.457 e. The van der Waals surface area contributed by atoms with E-state index in [4.69, 9.17) is 10.5 Å². The number of hydrogen-bond acceptors (Lipinski definition) is 4. The summed E-state index contributed by atoms with van der Waals surface area (Å²) in [4.78, 5) is 16.4. The Balaban J connectivity index is 1.71. The van der Waals surface area contributed by atoms with Crippen LogP contribution in [0, 0.1) is 16.7 Å². The molecule has 21 heavy (non-hydrogen) atoms. The molecule has 1 aromatic rings. The summed E-state index contributed by atoms with van der Waals surface area (Å²) in [5.41, 5.74) is 6.22. The average molecular weight is 291 g/mol. The second kappa shape index (κ2) is 4.83. The predicted octanol–water partition coefficient (Wildman–Crippen LogP) is 2.21. The number of rotatable bonds is 4. The first-order valence-corrected chi connectivity index (χ1v) is 7.81. The van der Waals surface area contributed by atoms with E-state index in [2.05, 4.69) is 25.8 Å². The molecule has 1 aromatic heterocycles.